The molecule has 1 aliphatic carbocycles. The summed E-state index contributed by atoms with van der Waals surface area (Å²) in [6.45, 7) is 2.21. The maximum absolute atomic E-state index is 12.3. The van der Waals surface area contributed by atoms with Crippen LogP contribution in [0, 0.1) is 5.92 Å². The summed E-state index contributed by atoms with van der Waals surface area (Å²) in [5.41, 5.74) is 0.645. The third kappa shape index (κ3) is 4.25. The quantitative estimate of drug-likeness (QED) is 0.776. The molecule has 2 rings (SSSR count). The first-order chi connectivity index (χ1) is 9.06. The van der Waals surface area contributed by atoms with Gasteiger partial charge < -0.3 is 0 Å². The lowest BCUT2D eigenvalue weighted by Gasteiger charge is -2.25. The Hall–Kier alpha value is -0.480. The molecular formula is C15H19BrO2S. The van der Waals surface area contributed by atoms with Gasteiger partial charge in [-0.25, -0.2) is 0 Å². The van der Waals surface area contributed by atoms with Crippen LogP contribution in [0.15, 0.2) is 28.7 Å². The van der Waals surface area contributed by atoms with Gasteiger partial charge in [-0.15, -0.1) is 0 Å². The van der Waals surface area contributed by atoms with Gasteiger partial charge in [-0.2, -0.15) is 0 Å². The van der Waals surface area contributed by atoms with E-state index in [0.29, 0.717) is 11.5 Å². The highest BCUT2D eigenvalue weighted by atomic mass is 79.9. The molecule has 3 atom stereocenters. The lowest BCUT2D eigenvalue weighted by Crippen LogP contribution is -2.27. The molecule has 0 saturated heterocycles. The van der Waals surface area contributed by atoms with Gasteiger partial charge in [-0.1, -0.05) is 47.8 Å². The monoisotopic (exact) mass is 342 g/mol. The number of Topliss-reactive ketones (excluding diaryl/α,β-unsaturated/α-hetero) is 1. The van der Waals surface area contributed by atoms with Crippen molar-refractivity contribution < 1.29 is 9.00 Å². The normalized spacial score (nSPS) is 24.9. The first-order valence-corrected chi connectivity index (χ1v) is 8.89. The highest BCUT2D eigenvalue weighted by Crippen LogP contribution is 2.27. The number of halogens is 1. The largest absolute Gasteiger partial charge is 0.293 e. The van der Waals surface area contributed by atoms with Gasteiger partial charge in [0.25, 0.3) is 0 Å². The van der Waals surface area contributed by atoms with Gasteiger partial charge in [0.05, 0.1) is 5.75 Å². The Morgan fingerprint density at radius 1 is 1.42 bits per heavy atom. The second-order valence-corrected chi connectivity index (χ2v) is 7.98. The molecule has 1 aromatic rings. The van der Waals surface area contributed by atoms with Gasteiger partial charge in [0, 0.05) is 26.1 Å². The Morgan fingerprint density at radius 3 is 2.89 bits per heavy atom. The van der Waals surface area contributed by atoms with Crippen molar-refractivity contribution in [2.24, 2.45) is 5.92 Å². The molecule has 0 radical (unpaired) electrons. The topological polar surface area (TPSA) is 34.1 Å². The summed E-state index contributed by atoms with van der Waals surface area (Å²) < 4.78 is 13.2. The summed E-state index contributed by atoms with van der Waals surface area (Å²) in [6, 6.07) is 7.30. The Kier molecular flexibility index (Phi) is 5.34. The molecule has 0 aliphatic heterocycles. The van der Waals surface area contributed by atoms with Crippen molar-refractivity contribution in [2.45, 2.75) is 37.9 Å². The van der Waals surface area contributed by atoms with E-state index in [4.69, 9.17) is 0 Å². The van der Waals surface area contributed by atoms with Crippen molar-refractivity contribution in [3.8, 4) is 0 Å². The first kappa shape index (κ1) is 14.9. The fraction of sp³-hybridized carbons (Fsp3) is 0.533. The van der Waals surface area contributed by atoms with Crippen LogP contribution in [0.1, 0.15) is 43.0 Å². The number of hydrogen-bond acceptors (Lipinski definition) is 2. The first-order valence-electron chi connectivity index (χ1n) is 6.72. The van der Waals surface area contributed by atoms with Gasteiger partial charge in [-0.3, -0.25) is 9.00 Å². The predicted octanol–water partition coefficient (Wildman–Crippen LogP) is 3.96. The van der Waals surface area contributed by atoms with E-state index in [1.165, 1.54) is 6.42 Å². The summed E-state index contributed by atoms with van der Waals surface area (Å²) >= 11 is 3.35. The highest BCUT2D eigenvalue weighted by Gasteiger charge is 2.25. The SMILES string of the molecule is CC1CCCC(S(=O)CC(=O)c2cccc(Br)c2)C1. The average Bonchev–Trinajstić information content (AvgIpc) is 2.38. The molecule has 0 aromatic heterocycles. The number of carbonyl (C=O) groups is 1. The van der Waals surface area contributed by atoms with Crippen LogP contribution in [0.25, 0.3) is 0 Å². The molecule has 104 valence electrons. The zero-order valence-electron chi connectivity index (χ0n) is 11.1. The maximum atomic E-state index is 12.3. The second-order valence-electron chi connectivity index (χ2n) is 5.35. The van der Waals surface area contributed by atoms with Gasteiger partial charge in [0.15, 0.2) is 5.78 Å². The molecular weight excluding hydrogens is 324 g/mol. The smallest absolute Gasteiger partial charge is 0.175 e. The van der Waals surface area contributed by atoms with Crippen molar-refractivity contribution in [1.82, 2.24) is 0 Å². The minimum absolute atomic E-state index is 0.0159. The van der Waals surface area contributed by atoms with Crippen LogP contribution in [0.2, 0.25) is 0 Å². The maximum Gasteiger partial charge on any atom is 0.175 e. The van der Waals surface area contributed by atoms with Crippen molar-refractivity contribution in [2.75, 3.05) is 5.75 Å². The van der Waals surface area contributed by atoms with E-state index in [-0.39, 0.29) is 16.8 Å². The molecule has 3 unspecified atom stereocenters. The van der Waals surface area contributed by atoms with Gasteiger partial charge in [-0.05, 0) is 30.9 Å². The number of hydrogen-bond donors (Lipinski definition) is 0. The zero-order chi connectivity index (χ0) is 13.8. The molecule has 0 heterocycles. The van der Waals surface area contributed by atoms with Crippen molar-refractivity contribution in [3.05, 3.63) is 34.3 Å². The Morgan fingerprint density at radius 2 is 2.21 bits per heavy atom. The van der Waals surface area contributed by atoms with Crippen LogP contribution in [0.5, 0.6) is 0 Å². The minimum atomic E-state index is -1.03. The molecule has 1 aliphatic rings. The van der Waals surface area contributed by atoms with E-state index in [1.807, 2.05) is 12.1 Å². The van der Waals surface area contributed by atoms with E-state index in [0.717, 1.165) is 23.7 Å². The van der Waals surface area contributed by atoms with Gasteiger partial charge in [0.2, 0.25) is 0 Å². The van der Waals surface area contributed by atoms with Crippen LogP contribution in [0.4, 0.5) is 0 Å². The van der Waals surface area contributed by atoms with E-state index in [9.17, 15) is 9.00 Å². The van der Waals surface area contributed by atoms with E-state index < -0.39 is 10.8 Å². The molecule has 1 fully saturated rings. The molecule has 4 heteroatoms. The molecule has 0 bridgehead atoms. The number of carbonyl (C=O) groups excluding carboxylic acids is 1. The standard InChI is InChI=1S/C15H19BrO2S/c1-11-4-2-7-14(8-11)19(18)10-15(17)12-5-3-6-13(16)9-12/h3,5-6,9,11,14H,2,4,7-8,10H2,1H3. The highest BCUT2D eigenvalue weighted by molar-refractivity contribution is 9.10. The number of benzene rings is 1. The second kappa shape index (κ2) is 6.80. The third-order valence-electron chi connectivity index (χ3n) is 3.68. The molecule has 2 nitrogen and oxygen atoms in total. The molecule has 19 heavy (non-hydrogen) atoms. The third-order valence-corrected chi connectivity index (χ3v) is 5.89. The lowest BCUT2D eigenvalue weighted by atomic mass is 9.91. The Balaban J connectivity index is 1.97. The Labute approximate surface area is 125 Å². The van der Waals surface area contributed by atoms with Gasteiger partial charge >= 0.3 is 0 Å². The summed E-state index contributed by atoms with van der Waals surface area (Å²) in [7, 11) is -1.03. The van der Waals surface area contributed by atoms with Gasteiger partial charge in [0.1, 0.15) is 0 Å². The molecule has 0 N–H and O–H groups in total. The predicted molar refractivity (Wildman–Crippen MR) is 82.9 cm³/mol. The van der Waals surface area contributed by atoms with Crippen LogP contribution in [0.3, 0.4) is 0 Å². The summed E-state index contributed by atoms with van der Waals surface area (Å²) in [5, 5.41) is 0.208. The number of ketones is 1. The van der Waals surface area contributed by atoms with E-state index in [2.05, 4.69) is 22.9 Å². The van der Waals surface area contributed by atoms with Crippen molar-refractivity contribution >= 4 is 32.5 Å². The van der Waals surface area contributed by atoms with Crippen LogP contribution < -0.4 is 0 Å². The fourth-order valence-corrected chi connectivity index (χ4v) is 4.64. The summed E-state index contributed by atoms with van der Waals surface area (Å²) in [5.74, 6) is 0.787. The fourth-order valence-electron chi connectivity index (χ4n) is 2.61. The number of rotatable bonds is 4. The molecule has 1 aromatic carbocycles. The molecule has 0 amide bonds. The lowest BCUT2D eigenvalue weighted by molar-refractivity contribution is 0.102. The van der Waals surface area contributed by atoms with E-state index in [1.54, 1.807) is 12.1 Å². The van der Waals surface area contributed by atoms with Crippen LogP contribution in [-0.4, -0.2) is 21.0 Å². The molecule has 1 saturated carbocycles. The summed E-state index contributed by atoms with van der Waals surface area (Å²) in [6.07, 6.45) is 4.37. The van der Waals surface area contributed by atoms with Crippen molar-refractivity contribution in [1.29, 1.82) is 0 Å². The average molecular weight is 343 g/mol. The molecule has 0 spiro atoms. The summed E-state index contributed by atoms with van der Waals surface area (Å²) in [4.78, 5) is 12.1. The van der Waals surface area contributed by atoms with Crippen LogP contribution in [-0.2, 0) is 10.8 Å². The van der Waals surface area contributed by atoms with Crippen LogP contribution >= 0.6 is 15.9 Å². The van der Waals surface area contributed by atoms with E-state index >= 15 is 0 Å². The zero-order valence-corrected chi connectivity index (χ0v) is 13.5. The minimum Gasteiger partial charge on any atom is -0.293 e. The Bertz CT molecular complexity index is 487. The van der Waals surface area contributed by atoms with Crippen molar-refractivity contribution in [3.63, 3.8) is 0 Å².